The number of carbonyl (C=O) groups excluding carboxylic acids is 1. The van der Waals surface area contributed by atoms with E-state index in [1.807, 2.05) is 37.3 Å². The summed E-state index contributed by atoms with van der Waals surface area (Å²) in [6.45, 7) is 1.81. The highest BCUT2D eigenvalue weighted by Gasteiger charge is 2.14. The van der Waals surface area contributed by atoms with E-state index in [-0.39, 0.29) is 23.0 Å². The number of aromatic hydroxyl groups is 1. The molecule has 6 heteroatoms. The molecule has 0 saturated carbocycles. The zero-order valence-corrected chi connectivity index (χ0v) is 15.3. The molecule has 0 amide bonds. The fourth-order valence-corrected chi connectivity index (χ4v) is 2.69. The molecule has 27 heavy (non-hydrogen) atoms. The molecule has 138 valence electrons. The number of hydrogen-bond donors (Lipinski definition) is 2. The van der Waals surface area contributed by atoms with Gasteiger partial charge < -0.3 is 19.6 Å². The number of nitrogens with zero attached hydrogens (tertiary/aromatic N) is 1. The second kappa shape index (κ2) is 7.78. The Morgan fingerprint density at radius 3 is 2.33 bits per heavy atom. The maximum atomic E-state index is 12.6. The van der Waals surface area contributed by atoms with Crippen molar-refractivity contribution in [3.8, 4) is 28.6 Å². The van der Waals surface area contributed by atoms with Gasteiger partial charge in [0.15, 0.2) is 11.5 Å². The van der Waals surface area contributed by atoms with Gasteiger partial charge in [0.1, 0.15) is 11.5 Å². The first-order chi connectivity index (χ1) is 13.0. The fourth-order valence-electron chi connectivity index (χ4n) is 2.69. The summed E-state index contributed by atoms with van der Waals surface area (Å²) >= 11 is 0. The Bertz CT molecular complexity index is 966. The fraction of sp³-hybridized carbons (Fsp3) is 0.143. The van der Waals surface area contributed by atoms with E-state index in [4.69, 9.17) is 9.47 Å². The van der Waals surface area contributed by atoms with Gasteiger partial charge in [0, 0.05) is 11.3 Å². The highest BCUT2D eigenvalue weighted by molar-refractivity contribution is 6.06. The number of ketones is 1. The second-order valence-corrected chi connectivity index (χ2v) is 5.90. The molecule has 0 aliphatic rings. The third kappa shape index (κ3) is 3.84. The quantitative estimate of drug-likeness (QED) is 0.510. The summed E-state index contributed by atoms with van der Waals surface area (Å²) in [4.78, 5) is 20.2. The summed E-state index contributed by atoms with van der Waals surface area (Å²) in [6.07, 6.45) is 3.06. The van der Waals surface area contributed by atoms with Crippen LogP contribution in [0.4, 0.5) is 0 Å². The number of imidazole rings is 1. The van der Waals surface area contributed by atoms with Gasteiger partial charge in [0.05, 0.1) is 14.2 Å². The van der Waals surface area contributed by atoms with Crippen molar-refractivity contribution in [2.24, 2.45) is 0 Å². The van der Waals surface area contributed by atoms with Gasteiger partial charge in [-0.05, 0) is 30.7 Å². The molecule has 0 saturated heterocycles. The lowest BCUT2D eigenvalue weighted by Crippen LogP contribution is -1.97. The molecular formula is C21H20N2O4. The average molecular weight is 364 g/mol. The molecule has 0 atom stereocenters. The van der Waals surface area contributed by atoms with Crippen molar-refractivity contribution in [1.82, 2.24) is 9.97 Å². The van der Waals surface area contributed by atoms with Crippen LogP contribution in [0.2, 0.25) is 0 Å². The molecule has 0 aliphatic carbocycles. The van der Waals surface area contributed by atoms with E-state index in [2.05, 4.69) is 9.97 Å². The molecule has 0 aliphatic heterocycles. The zero-order chi connectivity index (χ0) is 19.4. The van der Waals surface area contributed by atoms with Gasteiger partial charge in [-0.3, -0.25) is 4.79 Å². The number of nitrogens with one attached hydrogen (secondary N) is 1. The number of ether oxygens (including phenoxy) is 2. The molecule has 6 nitrogen and oxygen atoms in total. The number of benzene rings is 2. The highest BCUT2D eigenvalue weighted by atomic mass is 16.5. The molecule has 2 aromatic carbocycles. The van der Waals surface area contributed by atoms with E-state index >= 15 is 0 Å². The molecule has 2 N–H and O–H groups in total. The first-order valence-electron chi connectivity index (χ1n) is 8.33. The number of H-pyrrole nitrogens is 1. The summed E-state index contributed by atoms with van der Waals surface area (Å²) in [5.41, 5.74) is 2.63. The van der Waals surface area contributed by atoms with E-state index in [9.17, 15) is 9.90 Å². The van der Waals surface area contributed by atoms with Gasteiger partial charge in [-0.1, -0.05) is 36.4 Å². The molecule has 0 fully saturated rings. The number of phenols is 1. The zero-order valence-electron chi connectivity index (χ0n) is 15.3. The monoisotopic (exact) mass is 364 g/mol. The molecule has 0 spiro atoms. The molecular weight excluding hydrogens is 344 g/mol. The van der Waals surface area contributed by atoms with Crippen LogP contribution in [0.1, 0.15) is 21.7 Å². The minimum atomic E-state index is -0.225. The van der Waals surface area contributed by atoms with Gasteiger partial charge in [-0.25, -0.2) is 4.98 Å². The van der Waals surface area contributed by atoms with Crippen LogP contribution in [-0.2, 0) is 0 Å². The van der Waals surface area contributed by atoms with E-state index in [0.29, 0.717) is 22.8 Å². The lowest BCUT2D eigenvalue weighted by Gasteiger charge is -2.09. The Morgan fingerprint density at radius 2 is 1.74 bits per heavy atom. The summed E-state index contributed by atoms with van der Waals surface area (Å²) < 4.78 is 10.2. The van der Waals surface area contributed by atoms with Crippen molar-refractivity contribution in [2.45, 2.75) is 6.92 Å². The van der Waals surface area contributed by atoms with E-state index in [0.717, 1.165) is 5.56 Å². The minimum Gasteiger partial charge on any atom is -0.502 e. The van der Waals surface area contributed by atoms with Gasteiger partial charge in [0.2, 0.25) is 11.5 Å². The number of carbonyl (C=O) groups is 1. The largest absolute Gasteiger partial charge is 0.502 e. The number of aryl methyl sites for hydroxylation is 1. The van der Waals surface area contributed by atoms with Gasteiger partial charge in [-0.15, -0.1) is 0 Å². The van der Waals surface area contributed by atoms with Gasteiger partial charge in [0.25, 0.3) is 0 Å². The Hall–Kier alpha value is -3.54. The van der Waals surface area contributed by atoms with Crippen molar-refractivity contribution in [3.63, 3.8) is 0 Å². The predicted molar refractivity (Wildman–Crippen MR) is 103 cm³/mol. The lowest BCUT2D eigenvalue weighted by atomic mass is 10.1. The number of aromatic amines is 1. The van der Waals surface area contributed by atoms with Crippen LogP contribution < -0.4 is 9.47 Å². The van der Waals surface area contributed by atoms with Crippen LogP contribution in [0.3, 0.4) is 0 Å². The Morgan fingerprint density at radius 1 is 1.11 bits per heavy atom. The summed E-state index contributed by atoms with van der Waals surface area (Å²) in [7, 11) is 2.90. The smallest absolute Gasteiger partial charge is 0.206 e. The topological polar surface area (TPSA) is 84.4 Å². The van der Waals surface area contributed by atoms with Crippen LogP contribution in [0.15, 0.2) is 48.5 Å². The summed E-state index contributed by atoms with van der Waals surface area (Å²) in [5, 5.41) is 9.96. The third-order valence-corrected chi connectivity index (χ3v) is 4.09. The Kier molecular flexibility index (Phi) is 5.26. The SMILES string of the molecule is COc1cc(/C=C/C(=O)c2nc(-c3ccccc3)[nH]c2C)cc(OC)c1O. The highest BCUT2D eigenvalue weighted by Crippen LogP contribution is 2.37. The summed E-state index contributed by atoms with van der Waals surface area (Å²) in [6, 6.07) is 12.9. The number of phenolic OH excluding ortho intramolecular Hbond substituents is 1. The number of rotatable bonds is 6. The first kappa shape index (κ1) is 18.3. The maximum Gasteiger partial charge on any atom is 0.206 e. The average Bonchev–Trinajstić information content (AvgIpc) is 3.09. The van der Waals surface area contributed by atoms with Crippen molar-refractivity contribution in [1.29, 1.82) is 0 Å². The molecule has 0 bridgehead atoms. The molecule has 1 aromatic heterocycles. The number of aromatic nitrogens is 2. The van der Waals surface area contributed by atoms with E-state index in [1.54, 1.807) is 18.2 Å². The molecule has 1 heterocycles. The standard InChI is InChI=1S/C21H20N2O4/c1-13-19(23-21(22-13)15-7-5-4-6-8-15)16(24)10-9-14-11-17(26-2)20(25)18(12-14)27-3/h4-12,25H,1-3H3,(H,22,23)/b10-9+. The number of allylic oxidation sites excluding steroid dienone is 1. The van der Waals surface area contributed by atoms with Crippen molar-refractivity contribution < 1.29 is 19.4 Å². The first-order valence-corrected chi connectivity index (χ1v) is 8.33. The van der Waals surface area contributed by atoms with Crippen molar-refractivity contribution >= 4 is 11.9 Å². The van der Waals surface area contributed by atoms with Crippen molar-refractivity contribution in [3.05, 3.63) is 65.5 Å². The third-order valence-electron chi connectivity index (χ3n) is 4.09. The molecule has 0 radical (unpaired) electrons. The summed E-state index contributed by atoms with van der Waals surface area (Å²) in [5.74, 6) is 0.876. The van der Waals surface area contributed by atoms with E-state index < -0.39 is 0 Å². The normalized spacial score (nSPS) is 10.9. The Labute approximate surface area is 157 Å². The minimum absolute atomic E-state index is 0.0841. The number of hydrogen-bond acceptors (Lipinski definition) is 5. The molecule has 3 rings (SSSR count). The second-order valence-electron chi connectivity index (χ2n) is 5.90. The lowest BCUT2D eigenvalue weighted by molar-refractivity contribution is 0.104. The van der Waals surface area contributed by atoms with Crippen molar-refractivity contribution in [2.75, 3.05) is 14.2 Å². The van der Waals surface area contributed by atoms with Gasteiger partial charge >= 0.3 is 0 Å². The molecule has 0 unspecified atom stereocenters. The predicted octanol–water partition coefficient (Wildman–Crippen LogP) is 4.00. The van der Waals surface area contributed by atoms with Crippen LogP contribution in [0, 0.1) is 6.92 Å². The number of methoxy groups -OCH3 is 2. The molecule has 3 aromatic rings. The van der Waals surface area contributed by atoms with Crippen LogP contribution in [-0.4, -0.2) is 35.1 Å². The maximum absolute atomic E-state index is 12.6. The Balaban J connectivity index is 1.87. The van der Waals surface area contributed by atoms with Gasteiger partial charge in [-0.2, -0.15) is 0 Å². The van der Waals surface area contributed by atoms with E-state index in [1.165, 1.54) is 20.3 Å². The van der Waals surface area contributed by atoms with Crippen LogP contribution >= 0.6 is 0 Å². The van der Waals surface area contributed by atoms with Crippen LogP contribution in [0.5, 0.6) is 17.2 Å². The van der Waals surface area contributed by atoms with Crippen LogP contribution in [0.25, 0.3) is 17.5 Å².